The van der Waals surface area contributed by atoms with Crippen molar-refractivity contribution in [3.8, 4) is 0 Å². The van der Waals surface area contributed by atoms with E-state index in [4.69, 9.17) is 11.6 Å². The molecule has 1 unspecified atom stereocenters. The van der Waals surface area contributed by atoms with E-state index in [-0.39, 0.29) is 11.8 Å². The number of nitrogens with zero attached hydrogens (tertiary/aromatic N) is 1. The van der Waals surface area contributed by atoms with E-state index >= 15 is 0 Å². The average molecular weight is 261 g/mol. The SMILES string of the molecule is CNCC(C)C(=O)N(C)Cc1ccc(Cl)s1. The summed E-state index contributed by atoms with van der Waals surface area (Å²) < 4.78 is 0.763. The van der Waals surface area contributed by atoms with E-state index in [1.54, 1.807) is 4.90 Å². The quantitative estimate of drug-likeness (QED) is 0.881. The number of carbonyl (C=O) groups is 1. The van der Waals surface area contributed by atoms with Crippen molar-refractivity contribution in [2.24, 2.45) is 5.92 Å². The molecule has 5 heteroatoms. The van der Waals surface area contributed by atoms with Crippen molar-refractivity contribution in [1.29, 1.82) is 0 Å². The molecule has 1 heterocycles. The molecule has 1 amide bonds. The van der Waals surface area contributed by atoms with E-state index in [1.807, 2.05) is 33.2 Å². The number of nitrogens with one attached hydrogen (secondary N) is 1. The Labute approximate surface area is 105 Å². The van der Waals surface area contributed by atoms with E-state index in [0.717, 1.165) is 9.21 Å². The molecule has 0 aliphatic carbocycles. The summed E-state index contributed by atoms with van der Waals surface area (Å²) >= 11 is 7.36. The van der Waals surface area contributed by atoms with Crippen molar-refractivity contribution in [2.45, 2.75) is 13.5 Å². The second-order valence-corrected chi connectivity index (χ2v) is 5.66. The fourth-order valence-corrected chi connectivity index (χ4v) is 2.66. The van der Waals surface area contributed by atoms with Crippen LogP contribution in [0, 0.1) is 5.92 Å². The highest BCUT2D eigenvalue weighted by Gasteiger charge is 2.17. The van der Waals surface area contributed by atoms with Crippen LogP contribution in [0.5, 0.6) is 0 Å². The summed E-state index contributed by atoms with van der Waals surface area (Å²) in [5.74, 6) is 0.157. The zero-order chi connectivity index (χ0) is 12.1. The van der Waals surface area contributed by atoms with Gasteiger partial charge in [-0.3, -0.25) is 4.79 Å². The molecule has 3 nitrogen and oxygen atoms in total. The van der Waals surface area contributed by atoms with Crippen molar-refractivity contribution >= 4 is 28.8 Å². The van der Waals surface area contributed by atoms with Gasteiger partial charge in [-0.2, -0.15) is 0 Å². The Bertz CT molecular complexity index is 354. The Balaban J connectivity index is 2.51. The van der Waals surface area contributed by atoms with E-state index in [2.05, 4.69) is 5.32 Å². The normalized spacial score (nSPS) is 12.5. The predicted octanol–water partition coefficient (Wildman–Crippen LogP) is 2.22. The van der Waals surface area contributed by atoms with Gasteiger partial charge in [0.05, 0.1) is 10.9 Å². The van der Waals surface area contributed by atoms with Gasteiger partial charge in [0, 0.05) is 24.4 Å². The van der Waals surface area contributed by atoms with Crippen LogP contribution in [0.25, 0.3) is 0 Å². The molecule has 1 aromatic rings. The topological polar surface area (TPSA) is 32.3 Å². The van der Waals surface area contributed by atoms with Crippen molar-refractivity contribution < 1.29 is 4.79 Å². The van der Waals surface area contributed by atoms with Crippen LogP contribution in [0.1, 0.15) is 11.8 Å². The van der Waals surface area contributed by atoms with Crippen molar-refractivity contribution in [3.05, 3.63) is 21.3 Å². The van der Waals surface area contributed by atoms with Gasteiger partial charge in [-0.1, -0.05) is 18.5 Å². The Morgan fingerprint density at radius 3 is 2.81 bits per heavy atom. The Kier molecular flexibility index (Phi) is 5.25. The monoisotopic (exact) mass is 260 g/mol. The minimum absolute atomic E-state index is 0.00503. The highest BCUT2D eigenvalue weighted by atomic mass is 35.5. The number of amides is 1. The molecule has 1 N–H and O–H groups in total. The molecule has 0 saturated carbocycles. The summed E-state index contributed by atoms with van der Waals surface area (Å²) in [6.07, 6.45) is 0. The van der Waals surface area contributed by atoms with E-state index < -0.39 is 0 Å². The molecule has 0 radical (unpaired) electrons. The number of rotatable bonds is 5. The molecule has 0 aromatic carbocycles. The zero-order valence-electron chi connectivity index (χ0n) is 9.79. The number of hydrogen-bond donors (Lipinski definition) is 1. The van der Waals surface area contributed by atoms with Crippen LogP contribution < -0.4 is 5.32 Å². The number of carbonyl (C=O) groups excluding carboxylic acids is 1. The van der Waals surface area contributed by atoms with E-state index in [9.17, 15) is 4.79 Å². The number of halogens is 1. The van der Waals surface area contributed by atoms with Gasteiger partial charge in [-0.15, -0.1) is 11.3 Å². The number of hydrogen-bond acceptors (Lipinski definition) is 3. The molecular weight excluding hydrogens is 244 g/mol. The van der Waals surface area contributed by atoms with E-state index in [0.29, 0.717) is 13.1 Å². The summed E-state index contributed by atoms with van der Waals surface area (Å²) in [6, 6.07) is 3.82. The minimum Gasteiger partial charge on any atom is -0.340 e. The van der Waals surface area contributed by atoms with Gasteiger partial charge >= 0.3 is 0 Å². The van der Waals surface area contributed by atoms with Crippen molar-refractivity contribution in [1.82, 2.24) is 10.2 Å². The second kappa shape index (κ2) is 6.23. The lowest BCUT2D eigenvalue weighted by Crippen LogP contribution is -2.35. The predicted molar refractivity (Wildman–Crippen MR) is 68.9 cm³/mol. The maximum absolute atomic E-state index is 11.9. The molecular formula is C11H17ClN2OS. The summed E-state index contributed by atoms with van der Waals surface area (Å²) in [5, 5.41) is 3.01. The van der Waals surface area contributed by atoms with Gasteiger partial charge in [0.25, 0.3) is 0 Å². The Morgan fingerprint density at radius 1 is 1.62 bits per heavy atom. The third-order valence-corrected chi connectivity index (χ3v) is 3.55. The summed E-state index contributed by atoms with van der Waals surface area (Å²) in [7, 11) is 3.67. The average Bonchev–Trinajstić information content (AvgIpc) is 2.63. The van der Waals surface area contributed by atoms with Gasteiger partial charge in [0.1, 0.15) is 0 Å². The molecule has 0 aliphatic rings. The summed E-state index contributed by atoms with van der Waals surface area (Å²) in [5.41, 5.74) is 0. The summed E-state index contributed by atoms with van der Waals surface area (Å²) in [6.45, 7) is 3.26. The van der Waals surface area contributed by atoms with Gasteiger partial charge in [-0.25, -0.2) is 0 Å². The van der Waals surface area contributed by atoms with Crippen LogP contribution >= 0.6 is 22.9 Å². The largest absolute Gasteiger partial charge is 0.340 e. The first-order valence-electron chi connectivity index (χ1n) is 5.18. The van der Waals surface area contributed by atoms with Crippen molar-refractivity contribution in [3.63, 3.8) is 0 Å². The van der Waals surface area contributed by atoms with Gasteiger partial charge in [-0.05, 0) is 19.2 Å². The molecule has 1 atom stereocenters. The van der Waals surface area contributed by atoms with Crippen LogP contribution in [0.4, 0.5) is 0 Å². The minimum atomic E-state index is 0.00503. The third-order valence-electron chi connectivity index (χ3n) is 2.33. The Morgan fingerprint density at radius 2 is 2.31 bits per heavy atom. The first-order valence-corrected chi connectivity index (χ1v) is 6.37. The van der Waals surface area contributed by atoms with Gasteiger partial charge in [0.15, 0.2) is 0 Å². The smallest absolute Gasteiger partial charge is 0.226 e. The molecule has 0 spiro atoms. The maximum Gasteiger partial charge on any atom is 0.226 e. The first kappa shape index (κ1) is 13.5. The van der Waals surface area contributed by atoms with Crippen LogP contribution in [-0.4, -0.2) is 31.4 Å². The van der Waals surface area contributed by atoms with Crippen molar-refractivity contribution in [2.75, 3.05) is 20.6 Å². The van der Waals surface area contributed by atoms with Crippen LogP contribution in [-0.2, 0) is 11.3 Å². The molecule has 0 fully saturated rings. The number of thiophene rings is 1. The van der Waals surface area contributed by atoms with Gasteiger partial charge in [0.2, 0.25) is 5.91 Å². The second-order valence-electron chi connectivity index (χ2n) is 3.86. The molecule has 0 aliphatic heterocycles. The molecule has 90 valence electrons. The summed E-state index contributed by atoms with van der Waals surface area (Å²) in [4.78, 5) is 14.8. The standard InChI is InChI=1S/C11H17ClN2OS/c1-8(6-13-2)11(15)14(3)7-9-4-5-10(12)16-9/h4-5,8,13H,6-7H2,1-3H3. The Hall–Kier alpha value is -0.580. The molecule has 0 bridgehead atoms. The zero-order valence-corrected chi connectivity index (χ0v) is 11.4. The van der Waals surface area contributed by atoms with Gasteiger partial charge < -0.3 is 10.2 Å². The fraction of sp³-hybridized carbons (Fsp3) is 0.545. The van der Waals surface area contributed by atoms with Crippen LogP contribution in [0.2, 0.25) is 4.34 Å². The lowest BCUT2D eigenvalue weighted by atomic mass is 10.1. The molecule has 1 aromatic heterocycles. The molecule has 0 saturated heterocycles. The first-order chi connectivity index (χ1) is 7.54. The maximum atomic E-state index is 11.9. The highest BCUT2D eigenvalue weighted by Crippen LogP contribution is 2.22. The lowest BCUT2D eigenvalue weighted by molar-refractivity contribution is -0.134. The third kappa shape index (κ3) is 3.77. The van der Waals surface area contributed by atoms with E-state index in [1.165, 1.54) is 11.3 Å². The highest BCUT2D eigenvalue weighted by molar-refractivity contribution is 7.16. The van der Waals surface area contributed by atoms with Crippen LogP contribution in [0.3, 0.4) is 0 Å². The van der Waals surface area contributed by atoms with Crippen LogP contribution in [0.15, 0.2) is 12.1 Å². The lowest BCUT2D eigenvalue weighted by Gasteiger charge is -2.20. The fourth-order valence-electron chi connectivity index (χ4n) is 1.52. The molecule has 1 rings (SSSR count). The molecule has 16 heavy (non-hydrogen) atoms.